The Kier molecular flexibility index (Phi) is 6.04. The molecule has 0 fully saturated rings. The number of methoxy groups -OCH3 is 1. The lowest BCUT2D eigenvalue weighted by Crippen LogP contribution is -2.30. The lowest BCUT2D eigenvalue weighted by Gasteiger charge is -2.18. The van der Waals surface area contributed by atoms with E-state index in [0.717, 1.165) is 11.1 Å². The van der Waals surface area contributed by atoms with Gasteiger partial charge in [0, 0.05) is 5.75 Å². The SMILES string of the molecule is C=CCSC1=N/C(=C\c2ccccc2C)C(=O)N1c1ccc(OC)c(Cl)c1. The summed E-state index contributed by atoms with van der Waals surface area (Å²) in [7, 11) is 1.55. The van der Waals surface area contributed by atoms with Crippen molar-refractivity contribution in [2.75, 3.05) is 17.8 Å². The van der Waals surface area contributed by atoms with Gasteiger partial charge in [0.1, 0.15) is 11.4 Å². The van der Waals surface area contributed by atoms with E-state index in [9.17, 15) is 4.79 Å². The maximum absolute atomic E-state index is 13.1. The third kappa shape index (κ3) is 4.10. The van der Waals surface area contributed by atoms with Gasteiger partial charge >= 0.3 is 0 Å². The number of ether oxygens (including phenoxy) is 1. The van der Waals surface area contributed by atoms with Crippen LogP contribution in [0, 0.1) is 6.92 Å². The van der Waals surface area contributed by atoms with Gasteiger partial charge in [-0.1, -0.05) is 53.7 Å². The van der Waals surface area contributed by atoms with Gasteiger partial charge in [-0.15, -0.1) is 6.58 Å². The summed E-state index contributed by atoms with van der Waals surface area (Å²) in [6, 6.07) is 13.1. The summed E-state index contributed by atoms with van der Waals surface area (Å²) in [4.78, 5) is 19.2. The average molecular weight is 399 g/mol. The number of amides is 1. The predicted molar refractivity (Wildman–Crippen MR) is 115 cm³/mol. The Morgan fingerprint density at radius 1 is 1.30 bits per heavy atom. The maximum Gasteiger partial charge on any atom is 0.283 e. The number of carbonyl (C=O) groups excluding carboxylic acids is 1. The molecule has 0 atom stereocenters. The molecule has 0 bridgehead atoms. The Hall–Kier alpha value is -2.50. The van der Waals surface area contributed by atoms with E-state index in [4.69, 9.17) is 16.3 Å². The van der Waals surface area contributed by atoms with E-state index in [1.54, 1.807) is 36.3 Å². The Morgan fingerprint density at radius 3 is 2.74 bits per heavy atom. The fourth-order valence-electron chi connectivity index (χ4n) is 2.64. The molecule has 0 N–H and O–H groups in total. The second-order valence-corrected chi connectivity index (χ2v) is 7.23. The van der Waals surface area contributed by atoms with Gasteiger partial charge in [0.25, 0.3) is 5.91 Å². The van der Waals surface area contributed by atoms with Crippen LogP contribution in [0.15, 0.2) is 65.8 Å². The number of thioether (sulfide) groups is 1. The number of rotatable bonds is 5. The normalized spacial score (nSPS) is 15.2. The highest BCUT2D eigenvalue weighted by Gasteiger charge is 2.32. The number of halogens is 1. The molecular weight excluding hydrogens is 380 g/mol. The zero-order valence-electron chi connectivity index (χ0n) is 15.1. The second-order valence-electron chi connectivity index (χ2n) is 5.84. The molecule has 0 aromatic heterocycles. The van der Waals surface area contributed by atoms with Crippen molar-refractivity contribution < 1.29 is 9.53 Å². The van der Waals surface area contributed by atoms with Crippen LogP contribution < -0.4 is 9.64 Å². The number of nitrogens with zero attached hydrogens (tertiary/aromatic N) is 2. The lowest BCUT2D eigenvalue weighted by molar-refractivity contribution is -0.113. The molecule has 138 valence electrons. The average Bonchev–Trinajstić information content (AvgIpc) is 2.97. The van der Waals surface area contributed by atoms with Gasteiger partial charge in [-0.2, -0.15) is 0 Å². The van der Waals surface area contributed by atoms with Crippen molar-refractivity contribution in [3.63, 3.8) is 0 Å². The summed E-state index contributed by atoms with van der Waals surface area (Å²) in [5.41, 5.74) is 3.09. The van der Waals surface area contributed by atoms with Gasteiger partial charge in [-0.3, -0.25) is 9.69 Å². The zero-order valence-corrected chi connectivity index (χ0v) is 16.7. The van der Waals surface area contributed by atoms with Crippen LogP contribution in [0.2, 0.25) is 5.02 Å². The Labute approximate surface area is 168 Å². The molecule has 2 aromatic carbocycles. The summed E-state index contributed by atoms with van der Waals surface area (Å²) in [5, 5.41) is 1.04. The molecular formula is C21H19ClN2O2S. The third-order valence-corrected chi connectivity index (χ3v) is 5.26. The van der Waals surface area contributed by atoms with Crippen molar-refractivity contribution in [1.82, 2.24) is 0 Å². The minimum atomic E-state index is -0.189. The van der Waals surface area contributed by atoms with Crippen LogP contribution in [-0.2, 0) is 4.79 Å². The zero-order chi connectivity index (χ0) is 19.4. The van der Waals surface area contributed by atoms with Crippen molar-refractivity contribution >= 4 is 46.2 Å². The first kappa shape index (κ1) is 19.3. The van der Waals surface area contributed by atoms with Crippen molar-refractivity contribution in [2.45, 2.75) is 6.92 Å². The first-order chi connectivity index (χ1) is 13.0. The molecule has 1 heterocycles. The number of hydrogen-bond donors (Lipinski definition) is 0. The van der Waals surface area contributed by atoms with Crippen LogP contribution in [0.4, 0.5) is 5.69 Å². The highest BCUT2D eigenvalue weighted by Crippen LogP contribution is 2.34. The van der Waals surface area contributed by atoms with Gasteiger partial charge in [0.05, 0.1) is 17.8 Å². The molecule has 1 amide bonds. The van der Waals surface area contributed by atoms with Crippen LogP contribution in [-0.4, -0.2) is 23.9 Å². The van der Waals surface area contributed by atoms with Gasteiger partial charge < -0.3 is 4.74 Å². The number of benzene rings is 2. The standard InChI is InChI=1S/C21H19ClN2O2S/c1-4-11-27-21-23-18(12-15-8-6-5-7-14(15)2)20(25)24(21)16-9-10-19(26-3)17(22)13-16/h4-10,12-13H,1,11H2,2-3H3/b18-12-. The number of aliphatic imine (C=N–C) groups is 1. The van der Waals surface area contributed by atoms with Crippen LogP contribution in [0.25, 0.3) is 6.08 Å². The number of hydrogen-bond acceptors (Lipinski definition) is 4. The molecule has 4 nitrogen and oxygen atoms in total. The third-order valence-electron chi connectivity index (χ3n) is 4.03. The van der Waals surface area contributed by atoms with Gasteiger partial charge in [0.15, 0.2) is 5.17 Å². The van der Waals surface area contributed by atoms with Crippen molar-refractivity contribution in [2.24, 2.45) is 4.99 Å². The highest BCUT2D eigenvalue weighted by atomic mass is 35.5. The molecule has 0 saturated heterocycles. The fraction of sp³-hybridized carbons (Fsp3) is 0.143. The molecule has 27 heavy (non-hydrogen) atoms. The quantitative estimate of drug-likeness (QED) is 0.505. The molecule has 0 saturated carbocycles. The van der Waals surface area contributed by atoms with E-state index in [1.165, 1.54) is 11.8 Å². The van der Waals surface area contributed by atoms with Gasteiger partial charge in [-0.05, 0) is 42.3 Å². The van der Waals surface area contributed by atoms with Gasteiger partial charge in [0.2, 0.25) is 0 Å². The molecule has 1 aliphatic rings. The second kappa shape index (κ2) is 8.46. The van der Waals surface area contributed by atoms with E-state index in [-0.39, 0.29) is 5.91 Å². The first-order valence-corrected chi connectivity index (χ1v) is 9.69. The minimum Gasteiger partial charge on any atom is -0.495 e. The Balaban J connectivity index is 2.02. The maximum atomic E-state index is 13.1. The van der Waals surface area contributed by atoms with Crippen LogP contribution >= 0.6 is 23.4 Å². The Bertz CT molecular complexity index is 953. The molecule has 1 aliphatic heterocycles. The summed E-state index contributed by atoms with van der Waals surface area (Å²) in [6.07, 6.45) is 3.59. The van der Waals surface area contributed by atoms with Crippen molar-refractivity contribution in [3.8, 4) is 5.75 Å². The van der Waals surface area contributed by atoms with Gasteiger partial charge in [-0.25, -0.2) is 4.99 Å². The monoisotopic (exact) mass is 398 g/mol. The molecule has 0 aliphatic carbocycles. The molecule has 0 spiro atoms. The van der Waals surface area contributed by atoms with E-state index >= 15 is 0 Å². The van der Waals surface area contributed by atoms with Crippen LogP contribution in [0.1, 0.15) is 11.1 Å². The minimum absolute atomic E-state index is 0.189. The van der Waals surface area contributed by atoms with Crippen molar-refractivity contribution in [1.29, 1.82) is 0 Å². The van der Waals surface area contributed by atoms with E-state index < -0.39 is 0 Å². The van der Waals surface area contributed by atoms with Crippen molar-refractivity contribution in [3.05, 3.63) is 77.0 Å². The lowest BCUT2D eigenvalue weighted by atomic mass is 10.1. The molecule has 6 heteroatoms. The molecule has 2 aromatic rings. The van der Waals surface area contributed by atoms with E-state index in [2.05, 4.69) is 11.6 Å². The summed E-state index contributed by atoms with van der Waals surface area (Å²) < 4.78 is 5.20. The number of anilines is 1. The summed E-state index contributed by atoms with van der Waals surface area (Å²) in [6.45, 7) is 5.75. The number of amidine groups is 1. The van der Waals surface area contributed by atoms with E-state index in [1.807, 2.05) is 37.3 Å². The fourth-order valence-corrected chi connectivity index (χ4v) is 3.64. The first-order valence-electron chi connectivity index (χ1n) is 8.33. The molecule has 0 unspecified atom stereocenters. The van der Waals surface area contributed by atoms with E-state index in [0.29, 0.717) is 33.1 Å². The molecule has 3 rings (SSSR count). The topological polar surface area (TPSA) is 41.9 Å². The smallest absolute Gasteiger partial charge is 0.283 e. The van der Waals surface area contributed by atoms with Crippen LogP contribution in [0.5, 0.6) is 5.75 Å². The summed E-state index contributed by atoms with van der Waals surface area (Å²) in [5.74, 6) is 1.01. The number of aryl methyl sites for hydroxylation is 1. The number of carbonyl (C=O) groups is 1. The highest BCUT2D eigenvalue weighted by molar-refractivity contribution is 8.14. The Morgan fingerprint density at radius 2 is 2.07 bits per heavy atom. The van der Waals surface area contributed by atoms with Crippen LogP contribution in [0.3, 0.4) is 0 Å². The predicted octanol–water partition coefficient (Wildman–Crippen LogP) is 5.32. The largest absolute Gasteiger partial charge is 0.495 e. The molecule has 0 radical (unpaired) electrons. The summed E-state index contributed by atoms with van der Waals surface area (Å²) >= 11 is 7.70.